The van der Waals surface area contributed by atoms with Gasteiger partial charge in [0.05, 0.1) is 28.9 Å². The summed E-state index contributed by atoms with van der Waals surface area (Å²) in [6, 6.07) is 20.7. The predicted octanol–water partition coefficient (Wildman–Crippen LogP) is 3.76. The van der Waals surface area contributed by atoms with E-state index in [1.54, 1.807) is 21.3 Å². The zero-order chi connectivity index (χ0) is 19.5. The molecule has 0 fully saturated rings. The van der Waals surface area contributed by atoms with Gasteiger partial charge in [0.2, 0.25) is 0 Å². The summed E-state index contributed by atoms with van der Waals surface area (Å²) < 4.78 is 3.45. The largest absolute Gasteiger partial charge is 0.348 e. The maximum Gasteiger partial charge on any atom is 0.262 e. The minimum atomic E-state index is -0.0942. The summed E-state index contributed by atoms with van der Waals surface area (Å²) in [6.45, 7) is 0.415. The molecule has 0 amide bonds. The van der Waals surface area contributed by atoms with E-state index in [2.05, 4.69) is 4.98 Å². The molecule has 2 heterocycles. The van der Waals surface area contributed by atoms with Crippen LogP contribution in [-0.4, -0.2) is 25.7 Å². The molecule has 4 aromatic rings. The van der Waals surface area contributed by atoms with Gasteiger partial charge >= 0.3 is 0 Å². The van der Waals surface area contributed by atoms with E-state index < -0.39 is 0 Å². The fourth-order valence-corrected chi connectivity index (χ4v) is 3.99. The van der Waals surface area contributed by atoms with Crippen molar-refractivity contribution in [2.75, 3.05) is 5.75 Å². The lowest BCUT2D eigenvalue weighted by molar-refractivity contribution is 0.101. The van der Waals surface area contributed by atoms with Gasteiger partial charge < -0.3 is 4.57 Å². The van der Waals surface area contributed by atoms with E-state index >= 15 is 0 Å². The van der Waals surface area contributed by atoms with Crippen LogP contribution in [-0.2, 0) is 13.6 Å². The van der Waals surface area contributed by atoms with Gasteiger partial charge in [-0.2, -0.15) is 0 Å². The lowest BCUT2D eigenvalue weighted by Gasteiger charge is -2.13. The maximum atomic E-state index is 13.1. The minimum absolute atomic E-state index is 0.00571. The lowest BCUT2D eigenvalue weighted by atomic mass is 10.2. The van der Waals surface area contributed by atoms with E-state index in [-0.39, 0.29) is 17.1 Å². The normalized spacial score (nSPS) is 11.0. The van der Waals surface area contributed by atoms with Crippen LogP contribution in [0.15, 0.2) is 82.9 Å². The second-order valence-electron chi connectivity index (χ2n) is 6.50. The fourth-order valence-electron chi connectivity index (χ4n) is 3.12. The molecule has 2 aromatic carbocycles. The molecule has 0 spiro atoms. The molecule has 0 saturated heterocycles. The number of carbonyl (C=O) groups is 1. The Kier molecular flexibility index (Phi) is 5.12. The van der Waals surface area contributed by atoms with E-state index in [0.717, 1.165) is 5.56 Å². The summed E-state index contributed by atoms with van der Waals surface area (Å²) >= 11 is 1.30. The van der Waals surface area contributed by atoms with Crippen LogP contribution in [0, 0.1) is 0 Å². The Balaban J connectivity index is 1.71. The average Bonchev–Trinajstić information content (AvgIpc) is 3.15. The van der Waals surface area contributed by atoms with Crippen LogP contribution in [0.2, 0.25) is 0 Å². The molecule has 2 aromatic heterocycles. The SMILES string of the molecule is Cn1cccc1C(=O)CSc1nc2ccccc2c(=O)n1Cc1ccccc1. The number of hydrogen-bond acceptors (Lipinski definition) is 4. The Morgan fingerprint density at radius 3 is 2.50 bits per heavy atom. The molecule has 0 radical (unpaired) electrons. The van der Waals surface area contributed by atoms with Gasteiger partial charge in [-0.25, -0.2) is 4.98 Å². The second-order valence-corrected chi connectivity index (χ2v) is 7.45. The fraction of sp³-hybridized carbons (Fsp3) is 0.136. The van der Waals surface area contributed by atoms with Gasteiger partial charge in [0, 0.05) is 13.2 Å². The highest BCUT2D eigenvalue weighted by atomic mass is 32.2. The lowest BCUT2D eigenvalue weighted by Crippen LogP contribution is -2.24. The number of hydrogen-bond donors (Lipinski definition) is 0. The molecule has 0 bridgehead atoms. The zero-order valence-electron chi connectivity index (χ0n) is 15.4. The molecule has 0 saturated carbocycles. The van der Waals surface area contributed by atoms with Crippen LogP contribution in [0.4, 0.5) is 0 Å². The van der Waals surface area contributed by atoms with E-state index in [1.165, 1.54) is 11.8 Å². The van der Waals surface area contributed by atoms with Gasteiger partial charge in [-0.05, 0) is 29.8 Å². The van der Waals surface area contributed by atoms with Crippen LogP contribution in [0.25, 0.3) is 10.9 Å². The molecule has 6 heteroatoms. The maximum absolute atomic E-state index is 13.1. The number of nitrogens with zero attached hydrogens (tertiary/aromatic N) is 3. The molecule has 0 aliphatic carbocycles. The molecule has 0 N–H and O–H groups in total. The van der Waals surface area contributed by atoms with Crippen LogP contribution >= 0.6 is 11.8 Å². The first-order valence-corrected chi connectivity index (χ1v) is 9.93. The Morgan fingerprint density at radius 1 is 1.00 bits per heavy atom. The number of fused-ring (bicyclic) bond motifs is 1. The summed E-state index contributed by atoms with van der Waals surface area (Å²) in [7, 11) is 1.84. The Morgan fingerprint density at radius 2 is 1.75 bits per heavy atom. The molecule has 0 aliphatic heterocycles. The highest BCUT2D eigenvalue weighted by Gasteiger charge is 2.15. The Bertz CT molecular complexity index is 1200. The number of aryl methyl sites for hydroxylation is 1. The minimum Gasteiger partial charge on any atom is -0.348 e. The molecule has 28 heavy (non-hydrogen) atoms. The first kappa shape index (κ1) is 18.3. The topological polar surface area (TPSA) is 56.9 Å². The van der Waals surface area contributed by atoms with Crippen molar-refractivity contribution in [2.45, 2.75) is 11.7 Å². The molecule has 0 aliphatic rings. The summed E-state index contributed by atoms with van der Waals surface area (Å²) in [6.07, 6.45) is 1.84. The molecule has 140 valence electrons. The number of para-hydroxylation sites is 1. The van der Waals surface area contributed by atoms with Gasteiger partial charge in [0.1, 0.15) is 0 Å². The van der Waals surface area contributed by atoms with Crippen molar-refractivity contribution >= 4 is 28.4 Å². The van der Waals surface area contributed by atoms with Crippen molar-refractivity contribution in [3.05, 3.63) is 94.5 Å². The molecule has 0 atom stereocenters. The summed E-state index contributed by atoms with van der Waals surface area (Å²) in [5.41, 5.74) is 2.21. The highest BCUT2D eigenvalue weighted by molar-refractivity contribution is 7.99. The van der Waals surface area contributed by atoms with Crippen molar-refractivity contribution in [2.24, 2.45) is 7.05 Å². The standard InChI is InChI=1S/C22H19N3O2S/c1-24-13-7-12-19(24)20(26)15-28-22-23-18-11-6-5-10-17(18)21(27)25(22)14-16-8-3-2-4-9-16/h2-13H,14-15H2,1H3. The number of ketones is 1. The van der Waals surface area contributed by atoms with Crippen molar-refractivity contribution < 1.29 is 4.79 Å². The van der Waals surface area contributed by atoms with Crippen LogP contribution < -0.4 is 5.56 Å². The van der Waals surface area contributed by atoms with Gasteiger partial charge in [-0.1, -0.05) is 54.2 Å². The predicted molar refractivity (Wildman–Crippen MR) is 112 cm³/mol. The van der Waals surface area contributed by atoms with Crippen molar-refractivity contribution in [1.82, 2.24) is 14.1 Å². The first-order chi connectivity index (χ1) is 13.6. The molecule has 5 nitrogen and oxygen atoms in total. The van der Waals surface area contributed by atoms with Crippen molar-refractivity contribution in [1.29, 1.82) is 0 Å². The van der Waals surface area contributed by atoms with Crippen molar-refractivity contribution in [3.63, 3.8) is 0 Å². The average molecular weight is 389 g/mol. The van der Waals surface area contributed by atoms with Gasteiger partial charge in [-0.15, -0.1) is 0 Å². The number of aromatic nitrogens is 3. The quantitative estimate of drug-likeness (QED) is 0.286. The van der Waals surface area contributed by atoms with Crippen LogP contribution in [0.5, 0.6) is 0 Å². The number of benzene rings is 2. The summed E-state index contributed by atoms with van der Waals surface area (Å²) in [5.74, 6) is 0.225. The highest BCUT2D eigenvalue weighted by Crippen LogP contribution is 2.20. The number of thioether (sulfide) groups is 1. The van der Waals surface area contributed by atoms with Gasteiger partial charge in [-0.3, -0.25) is 14.2 Å². The summed E-state index contributed by atoms with van der Waals surface area (Å²) in [5, 5.41) is 1.13. The number of Topliss-reactive ketones (excluding diaryl/α,β-unsaturated/α-hetero) is 1. The Hall–Kier alpha value is -3.12. The molecule has 0 unspecified atom stereocenters. The third-order valence-corrected chi connectivity index (χ3v) is 5.55. The van der Waals surface area contributed by atoms with E-state index in [9.17, 15) is 9.59 Å². The Labute approximate surface area is 166 Å². The third kappa shape index (κ3) is 3.64. The molecular weight excluding hydrogens is 370 g/mol. The molecule has 4 rings (SSSR count). The second kappa shape index (κ2) is 7.86. The summed E-state index contributed by atoms with van der Waals surface area (Å²) in [4.78, 5) is 30.3. The monoisotopic (exact) mass is 389 g/mol. The number of carbonyl (C=O) groups excluding carboxylic acids is 1. The van der Waals surface area contributed by atoms with Gasteiger partial charge in [0.15, 0.2) is 10.9 Å². The van der Waals surface area contributed by atoms with E-state index in [4.69, 9.17) is 0 Å². The van der Waals surface area contributed by atoms with Crippen LogP contribution in [0.1, 0.15) is 16.1 Å². The molecular formula is C22H19N3O2S. The smallest absolute Gasteiger partial charge is 0.262 e. The third-order valence-electron chi connectivity index (χ3n) is 4.57. The van der Waals surface area contributed by atoms with Gasteiger partial charge in [0.25, 0.3) is 5.56 Å². The van der Waals surface area contributed by atoms with E-state index in [1.807, 2.05) is 67.8 Å². The van der Waals surface area contributed by atoms with Crippen molar-refractivity contribution in [3.8, 4) is 0 Å². The first-order valence-electron chi connectivity index (χ1n) is 8.94. The van der Waals surface area contributed by atoms with E-state index in [0.29, 0.717) is 28.3 Å². The van der Waals surface area contributed by atoms with Crippen LogP contribution in [0.3, 0.4) is 0 Å². The zero-order valence-corrected chi connectivity index (χ0v) is 16.2. The number of rotatable bonds is 6.